The van der Waals surface area contributed by atoms with E-state index in [9.17, 15) is 22.4 Å². The number of para-hydroxylation sites is 1. The summed E-state index contributed by atoms with van der Waals surface area (Å²) in [4.78, 5) is 14.4. The van der Waals surface area contributed by atoms with E-state index >= 15 is 0 Å². The molecule has 0 fully saturated rings. The van der Waals surface area contributed by atoms with E-state index in [1.165, 1.54) is 18.2 Å². The number of halogens is 4. The van der Waals surface area contributed by atoms with Crippen LogP contribution in [0.4, 0.5) is 17.6 Å². The summed E-state index contributed by atoms with van der Waals surface area (Å²) in [5.41, 5.74) is -0.225. The third kappa shape index (κ3) is 3.94. The quantitative estimate of drug-likeness (QED) is 0.878. The molecule has 0 aliphatic carbocycles. The van der Waals surface area contributed by atoms with Crippen LogP contribution in [0.3, 0.4) is 0 Å². The van der Waals surface area contributed by atoms with Gasteiger partial charge in [-0.1, -0.05) is 18.2 Å². The highest BCUT2D eigenvalue weighted by Crippen LogP contribution is 2.35. The molecular formula is C14H9F4NO3. The number of carboxylic acid groups (broad SMARTS) is 1. The smallest absolute Gasteiger partial charge is 0.481 e. The summed E-state index contributed by atoms with van der Waals surface area (Å²) in [6.45, 7) is 0. The van der Waals surface area contributed by atoms with Crippen molar-refractivity contribution in [2.24, 2.45) is 0 Å². The summed E-state index contributed by atoms with van der Waals surface area (Å²) < 4.78 is 54.5. The molecule has 1 aromatic carbocycles. The van der Waals surface area contributed by atoms with Gasteiger partial charge in [0.15, 0.2) is 0 Å². The van der Waals surface area contributed by atoms with Crippen LogP contribution in [0.15, 0.2) is 36.5 Å². The largest absolute Gasteiger partial charge is 0.573 e. The summed E-state index contributed by atoms with van der Waals surface area (Å²) in [6, 6.07) is 5.98. The zero-order valence-corrected chi connectivity index (χ0v) is 10.9. The average Bonchev–Trinajstić information content (AvgIpc) is 2.39. The van der Waals surface area contributed by atoms with Crippen molar-refractivity contribution in [3.05, 3.63) is 48.0 Å². The topological polar surface area (TPSA) is 59.4 Å². The Morgan fingerprint density at radius 3 is 2.55 bits per heavy atom. The van der Waals surface area contributed by atoms with Gasteiger partial charge in [0, 0.05) is 11.1 Å². The Bertz CT molecular complexity index is 701. The van der Waals surface area contributed by atoms with Crippen molar-refractivity contribution in [3.63, 3.8) is 0 Å². The van der Waals surface area contributed by atoms with E-state index < -0.39 is 30.3 Å². The van der Waals surface area contributed by atoms with Crippen molar-refractivity contribution in [3.8, 4) is 16.9 Å². The molecule has 1 aromatic heterocycles. The standard InChI is InChI=1S/C14H9F4NO3/c15-8-5-10(11(19-7-8)6-13(20)21)9-3-1-2-4-12(9)22-14(16,17)18/h1-5,7H,6H2,(H,20,21). The fourth-order valence-corrected chi connectivity index (χ4v) is 1.89. The molecule has 0 bridgehead atoms. The van der Waals surface area contributed by atoms with Gasteiger partial charge in [0.25, 0.3) is 0 Å². The minimum atomic E-state index is -4.93. The first-order valence-corrected chi connectivity index (χ1v) is 5.97. The predicted octanol–water partition coefficient (Wildman–Crippen LogP) is 3.41. The van der Waals surface area contributed by atoms with Gasteiger partial charge in [-0.25, -0.2) is 4.39 Å². The third-order valence-electron chi connectivity index (χ3n) is 2.66. The molecule has 116 valence electrons. The second kappa shape index (κ2) is 6.00. The summed E-state index contributed by atoms with van der Waals surface area (Å²) in [5, 5.41) is 8.82. The van der Waals surface area contributed by atoms with Gasteiger partial charge in [-0.05, 0) is 12.1 Å². The highest BCUT2D eigenvalue weighted by atomic mass is 19.4. The Labute approximate surface area is 122 Å². The van der Waals surface area contributed by atoms with Crippen molar-refractivity contribution >= 4 is 5.97 Å². The number of hydrogen-bond acceptors (Lipinski definition) is 3. The van der Waals surface area contributed by atoms with Gasteiger partial charge >= 0.3 is 12.3 Å². The molecule has 0 saturated carbocycles. The van der Waals surface area contributed by atoms with Crippen LogP contribution in [0.5, 0.6) is 5.75 Å². The van der Waals surface area contributed by atoms with Crippen LogP contribution < -0.4 is 4.74 Å². The minimum Gasteiger partial charge on any atom is -0.481 e. The molecule has 0 atom stereocenters. The van der Waals surface area contributed by atoms with E-state index in [0.29, 0.717) is 0 Å². The number of rotatable bonds is 4. The molecule has 0 amide bonds. The molecule has 0 saturated heterocycles. The molecule has 0 spiro atoms. The number of alkyl halides is 3. The van der Waals surface area contributed by atoms with E-state index in [4.69, 9.17) is 5.11 Å². The van der Waals surface area contributed by atoms with Gasteiger partial charge in [0.05, 0.1) is 18.3 Å². The molecule has 1 N–H and O–H groups in total. The van der Waals surface area contributed by atoms with E-state index in [1.54, 1.807) is 0 Å². The SMILES string of the molecule is O=C(O)Cc1ncc(F)cc1-c1ccccc1OC(F)(F)F. The second-order valence-corrected chi connectivity index (χ2v) is 4.26. The normalized spacial score (nSPS) is 11.3. The third-order valence-corrected chi connectivity index (χ3v) is 2.66. The lowest BCUT2D eigenvalue weighted by atomic mass is 10.0. The number of carboxylic acids is 1. The molecule has 8 heteroatoms. The van der Waals surface area contributed by atoms with E-state index in [0.717, 1.165) is 18.3 Å². The molecule has 0 unspecified atom stereocenters. The fourth-order valence-electron chi connectivity index (χ4n) is 1.89. The fraction of sp³-hybridized carbons (Fsp3) is 0.143. The number of ether oxygens (including phenoxy) is 1. The Morgan fingerprint density at radius 2 is 1.91 bits per heavy atom. The highest BCUT2D eigenvalue weighted by Gasteiger charge is 2.32. The Hall–Kier alpha value is -2.64. The van der Waals surface area contributed by atoms with Crippen LogP contribution in [0, 0.1) is 5.82 Å². The Balaban J connectivity index is 2.56. The van der Waals surface area contributed by atoms with Crippen LogP contribution >= 0.6 is 0 Å². The molecular weight excluding hydrogens is 306 g/mol. The number of pyridine rings is 1. The summed E-state index contributed by atoms with van der Waals surface area (Å²) in [7, 11) is 0. The Kier molecular flexibility index (Phi) is 4.30. The van der Waals surface area contributed by atoms with Crippen LogP contribution in [0.1, 0.15) is 5.69 Å². The van der Waals surface area contributed by atoms with Gasteiger partial charge in [0.1, 0.15) is 11.6 Å². The Morgan fingerprint density at radius 1 is 1.23 bits per heavy atom. The number of nitrogens with zero attached hydrogens (tertiary/aromatic N) is 1. The van der Waals surface area contributed by atoms with Gasteiger partial charge in [-0.15, -0.1) is 13.2 Å². The predicted molar refractivity (Wildman–Crippen MR) is 67.7 cm³/mol. The molecule has 0 aliphatic heterocycles. The second-order valence-electron chi connectivity index (χ2n) is 4.26. The minimum absolute atomic E-state index is 0.0628. The van der Waals surface area contributed by atoms with Gasteiger partial charge in [-0.2, -0.15) is 0 Å². The van der Waals surface area contributed by atoms with Gasteiger partial charge in [0.2, 0.25) is 0 Å². The zero-order valence-electron chi connectivity index (χ0n) is 10.9. The lowest BCUT2D eigenvalue weighted by Crippen LogP contribution is -2.17. The molecule has 1 heterocycles. The number of carbonyl (C=O) groups is 1. The summed E-state index contributed by atoms with van der Waals surface area (Å²) >= 11 is 0. The molecule has 22 heavy (non-hydrogen) atoms. The number of aromatic nitrogens is 1. The lowest BCUT2D eigenvalue weighted by molar-refractivity contribution is -0.274. The van der Waals surface area contributed by atoms with Crippen LogP contribution in [-0.4, -0.2) is 22.4 Å². The molecule has 0 aliphatic rings. The maximum atomic E-state index is 13.4. The zero-order chi connectivity index (χ0) is 16.3. The molecule has 4 nitrogen and oxygen atoms in total. The van der Waals surface area contributed by atoms with Crippen LogP contribution in [0.25, 0.3) is 11.1 Å². The van der Waals surface area contributed by atoms with Crippen LogP contribution in [-0.2, 0) is 11.2 Å². The monoisotopic (exact) mass is 315 g/mol. The van der Waals surface area contributed by atoms with E-state index in [2.05, 4.69) is 9.72 Å². The van der Waals surface area contributed by atoms with Gasteiger partial charge in [-0.3, -0.25) is 9.78 Å². The maximum Gasteiger partial charge on any atom is 0.573 e. The van der Waals surface area contributed by atoms with Crippen molar-refractivity contribution in [2.75, 3.05) is 0 Å². The number of aliphatic carboxylic acids is 1. The van der Waals surface area contributed by atoms with Crippen molar-refractivity contribution in [1.82, 2.24) is 4.98 Å². The summed E-state index contributed by atoms with van der Waals surface area (Å²) in [6.07, 6.45) is -4.69. The molecule has 2 rings (SSSR count). The van der Waals surface area contributed by atoms with Crippen molar-refractivity contribution in [1.29, 1.82) is 0 Å². The first kappa shape index (κ1) is 15.7. The van der Waals surface area contributed by atoms with Crippen LogP contribution in [0.2, 0.25) is 0 Å². The molecule has 2 aromatic rings. The van der Waals surface area contributed by atoms with E-state index in [1.807, 2.05) is 0 Å². The highest BCUT2D eigenvalue weighted by molar-refractivity contribution is 5.78. The average molecular weight is 315 g/mol. The first-order valence-electron chi connectivity index (χ1n) is 5.97. The lowest BCUT2D eigenvalue weighted by Gasteiger charge is -2.14. The van der Waals surface area contributed by atoms with E-state index in [-0.39, 0.29) is 16.8 Å². The van der Waals surface area contributed by atoms with Crippen molar-refractivity contribution < 1.29 is 32.2 Å². The van der Waals surface area contributed by atoms with Gasteiger partial charge < -0.3 is 9.84 Å². The number of hydrogen-bond donors (Lipinski definition) is 1. The molecule has 0 radical (unpaired) electrons. The number of benzene rings is 1. The summed E-state index contributed by atoms with van der Waals surface area (Å²) in [5.74, 6) is -2.60. The first-order chi connectivity index (χ1) is 10.3. The maximum absolute atomic E-state index is 13.4. The van der Waals surface area contributed by atoms with Crippen molar-refractivity contribution in [2.45, 2.75) is 12.8 Å².